The fourth-order valence-electron chi connectivity index (χ4n) is 2.78. The van der Waals surface area contributed by atoms with E-state index in [0.717, 1.165) is 25.9 Å². The minimum Gasteiger partial charge on any atom is -0.386 e. The van der Waals surface area contributed by atoms with Gasteiger partial charge in [0.15, 0.2) is 0 Å². The topological polar surface area (TPSA) is 64.6 Å². The van der Waals surface area contributed by atoms with Gasteiger partial charge in [-0.3, -0.25) is 0 Å². The maximum Gasteiger partial charge on any atom is 0.314 e. The molecule has 2 rings (SSSR count). The Hall–Kier alpha value is -1.66. The number of aliphatic hydroxyl groups excluding tert-OH is 1. The summed E-state index contributed by atoms with van der Waals surface area (Å²) in [4.78, 5) is 14.0. The van der Waals surface area contributed by atoms with Gasteiger partial charge < -0.3 is 20.6 Å². The van der Waals surface area contributed by atoms with Crippen LogP contribution in [0.25, 0.3) is 0 Å². The maximum atomic E-state index is 13.5. The van der Waals surface area contributed by atoms with E-state index in [2.05, 4.69) is 22.6 Å². The molecule has 22 heavy (non-hydrogen) atoms. The lowest BCUT2D eigenvalue weighted by molar-refractivity contribution is 0.167. The van der Waals surface area contributed by atoms with Gasteiger partial charge in [0.2, 0.25) is 0 Å². The summed E-state index contributed by atoms with van der Waals surface area (Å²) in [6.07, 6.45) is 1.21. The van der Waals surface area contributed by atoms with Crippen molar-refractivity contribution in [1.82, 2.24) is 15.5 Å². The van der Waals surface area contributed by atoms with E-state index in [0.29, 0.717) is 12.5 Å². The van der Waals surface area contributed by atoms with Crippen molar-refractivity contribution < 1.29 is 14.3 Å². The first-order valence-electron chi connectivity index (χ1n) is 7.69. The van der Waals surface area contributed by atoms with Gasteiger partial charge in [0, 0.05) is 25.2 Å². The molecule has 1 aliphatic heterocycles. The van der Waals surface area contributed by atoms with Gasteiger partial charge in [-0.15, -0.1) is 0 Å². The molecule has 2 amide bonds. The molecule has 122 valence electrons. The van der Waals surface area contributed by atoms with Crippen molar-refractivity contribution in [2.45, 2.75) is 18.9 Å². The monoisotopic (exact) mass is 309 g/mol. The van der Waals surface area contributed by atoms with Crippen molar-refractivity contribution in [2.75, 3.05) is 33.2 Å². The second kappa shape index (κ2) is 8.10. The molecular formula is C16H24FN3O2. The van der Waals surface area contributed by atoms with Crippen LogP contribution in [-0.4, -0.2) is 49.3 Å². The Kier molecular flexibility index (Phi) is 6.15. The van der Waals surface area contributed by atoms with Gasteiger partial charge in [-0.25, -0.2) is 9.18 Å². The third-order valence-corrected chi connectivity index (χ3v) is 3.99. The highest BCUT2D eigenvalue weighted by Gasteiger charge is 2.18. The largest absolute Gasteiger partial charge is 0.386 e. The zero-order valence-corrected chi connectivity index (χ0v) is 12.9. The summed E-state index contributed by atoms with van der Waals surface area (Å²) in [7, 11) is 2.08. The van der Waals surface area contributed by atoms with Crippen LogP contribution in [0.4, 0.5) is 9.18 Å². The normalized spacial score (nSPS) is 20.4. The van der Waals surface area contributed by atoms with Gasteiger partial charge in [0.1, 0.15) is 5.82 Å². The predicted octanol–water partition coefficient (Wildman–Crippen LogP) is 1.50. The van der Waals surface area contributed by atoms with Crippen molar-refractivity contribution >= 4 is 6.03 Å². The standard InChI is InChI=1S/C16H24FN3O2/c1-20-8-4-5-12(11-20)9-18-16(22)19-10-15(21)13-6-2-3-7-14(13)17/h2-3,6-7,12,15,21H,4-5,8-11H2,1H3,(H2,18,19,22). The lowest BCUT2D eigenvalue weighted by Crippen LogP contribution is -2.43. The summed E-state index contributed by atoms with van der Waals surface area (Å²) in [6, 6.07) is 5.69. The van der Waals surface area contributed by atoms with Gasteiger partial charge in [-0.1, -0.05) is 18.2 Å². The fraction of sp³-hybridized carbons (Fsp3) is 0.562. The number of halogens is 1. The number of likely N-dealkylation sites (tertiary alicyclic amines) is 1. The smallest absolute Gasteiger partial charge is 0.314 e. The van der Waals surface area contributed by atoms with Gasteiger partial charge in [0.05, 0.1) is 6.10 Å². The van der Waals surface area contributed by atoms with E-state index in [1.807, 2.05) is 0 Å². The number of nitrogens with one attached hydrogen (secondary N) is 2. The van der Waals surface area contributed by atoms with Crippen molar-refractivity contribution in [1.29, 1.82) is 0 Å². The second-order valence-electron chi connectivity index (χ2n) is 5.90. The average Bonchev–Trinajstić information content (AvgIpc) is 2.51. The molecule has 0 bridgehead atoms. The molecule has 5 nitrogen and oxygen atoms in total. The van der Waals surface area contributed by atoms with Crippen molar-refractivity contribution in [3.8, 4) is 0 Å². The average molecular weight is 309 g/mol. The van der Waals surface area contributed by atoms with E-state index in [-0.39, 0.29) is 18.1 Å². The molecule has 1 aliphatic rings. The molecule has 0 aromatic heterocycles. The van der Waals surface area contributed by atoms with Crippen molar-refractivity contribution in [2.24, 2.45) is 5.92 Å². The van der Waals surface area contributed by atoms with Crippen LogP contribution < -0.4 is 10.6 Å². The first kappa shape index (κ1) is 16.7. The molecule has 1 aromatic carbocycles. The maximum absolute atomic E-state index is 13.5. The highest BCUT2D eigenvalue weighted by Crippen LogP contribution is 2.16. The molecular weight excluding hydrogens is 285 g/mol. The minimum atomic E-state index is -1.05. The number of hydrogen-bond acceptors (Lipinski definition) is 3. The lowest BCUT2D eigenvalue weighted by atomic mass is 9.99. The first-order valence-corrected chi connectivity index (χ1v) is 7.69. The molecule has 1 aromatic rings. The summed E-state index contributed by atoms with van der Waals surface area (Å²) in [6.45, 7) is 2.69. The quantitative estimate of drug-likeness (QED) is 0.772. The van der Waals surface area contributed by atoms with Crippen LogP contribution in [-0.2, 0) is 0 Å². The van der Waals surface area contributed by atoms with E-state index in [1.165, 1.54) is 12.1 Å². The SMILES string of the molecule is CN1CCCC(CNC(=O)NCC(O)c2ccccc2F)C1. The number of nitrogens with zero attached hydrogens (tertiary/aromatic N) is 1. The summed E-state index contributed by atoms with van der Waals surface area (Å²) in [5.41, 5.74) is 0.191. The Morgan fingerprint density at radius 2 is 2.23 bits per heavy atom. The molecule has 1 fully saturated rings. The van der Waals surface area contributed by atoms with E-state index in [4.69, 9.17) is 0 Å². The molecule has 1 saturated heterocycles. The molecule has 2 atom stereocenters. The van der Waals surface area contributed by atoms with E-state index in [9.17, 15) is 14.3 Å². The Bertz CT molecular complexity index is 498. The van der Waals surface area contributed by atoms with Crippen LogP contribution in [0.2, 0.25) is 0 Å². The number of hydrogen-bond donors (Lipinski definition) is 3. The number of aliphatic hydroxyl groups is 1. The Balaban J connectivity index is 1.70. The van der Waals surface area contributed by atoms with Crippen LogP contribution >= 0.6 is 0 Å². The minimum absolute atomic E-state index is 0.0165. The third kappa shape index (κ3) is 4.96. The molecule has 0 spiro atoms. The molecule has 0 aliphatic carbocycles. The summed E-state index contributed by atoms with van der Waals surface area (Å²) >= 11 is 0. The molecule has 1 heterocycles. The van der Waals surface area contributed by atoms with Crippen LogP contribution in [0.1, 0.15) is 24.5 Å². The number of rotatable bonds is 5. The number of amides is 2. The van der Waals surface area contributed by atoms with E-state index < -0.39 is 11.9 Å². The van der Waals surface area contributed by atoms with Gasteiger partial charge in [-0.2, -0.15) is 0 Å². The molecule has 0 radical (unpaired) electrons. The van der Waals surface area contributed by atoms with Crippen LogP contribution in [0, 0.1) is 11.7 Å². The summed E-state index contributed by atoms with van der Waals surface area (Å²) < 4.78 is 13.5. The van der Waals surface area contributed by atoms with Gasteiger partial charge in [-0.05, 0) is 38.4 Å². The first-order chi connectivity index (χ1) is 10.6. The predicted molar refractivity (Wildman–Crippen MR) is 83.0 cm³/mol. The van der Waals surface area contributed by atoms with Gasteiger partial charge >= 0.3 is 6.03 Å². The molecule has 0 saturated carbocycles. The lowest BCUT2D eigenvalue weighted by Gasteiger charge is -2.29. The number of benzene rings is 1. The summed E-state index contributed by atoms with van der Waals surface area (Å²) in [5.74, 6) is -0.0107. The Morgan fingerprint density at radius 3 is 2.95 bits per heavy atom. The highest BCUT2D eigenvalue weighted by molar-refractivity contribution is 5.73. The molecule has 2 unspecified atom stereocenters. The Labute approximate surface area is 130 Å². The van der Waals surface area contributed by atoms with Crippen molar-refractivity contribution in [3.05, 3.63) is 35.6 Å². The number of piperidine rings is 1. The van der Waals surface area contributed by atoms with E-state index >= 15 is 0 Å². The zero-order valence-electron chi connectivity index (χ0n) is 12.9. The third-order valence-electron chi connectivity index (χ3n) is 3.99. The van der Waals surface area contributed by atoms with Gasteiger partial charge in [0.25, 0.3) is 0 Å². The van der Waals surface area contributed by atoms with Crippen molar-refractivity contribution in [3.63, 3.8) is 0 Å². The number of carbonyl (C=O) groups excluding carboxylic acids is 1. The van der Waals surface area contributed by atoms with E-state index in [1.54, 1.807) is 12.1 Å². The summed E-state index contributed by atoms with van der Waals surface area (Å²) in [5, 5.41) is 15.3. The Morgan fingerprint density at radius 1 is 1.45 bits per heavy atom. The number of urea groups is 1. The zero-order chi connectivity index (χ0) is 15.9. The van der Waals surface area contributed by atoms with Crippen LogP contribution in [0.5, 0.6) is 0 Å². The fourth-order valence-corrected chi connectivity index (χ4v) is 2.78. The molecule has 3 N–H and O–H groups in total. The van der Waals surface area contributed by atoms with Crippen LogP contribution in [0.15, 0.2) is 24.3 Å². The highest BCUT2D eigenvalue weighted by atomic mass is 19.1. The second-order valence-corrected chi connectivity index (χ2v) is 5.90. The van der Waals surface area contributed by atoms with Crippen LogP contribution in [0.3, 0.4) is 0 Å². The molecule has 6 heteroatoms. The number of carbonyl (C=O) groups is 1.